The molecule has 2 aromatic heterocycles. The normalized spacial score (nSPS) is 13.2. The maximum atomic E-state index is 14.3. The summed E-state index contributed by atoms with van der Waals surface area (Å²) in [6.45, 7) is 26.2. The summed E-state index contributed by atoms with van der Waals surface area (Å²) in [5.74, 6) is 0. The van der Waals surface area contributed by atoms with E-state index >= 15 is 0 Å². The lowest BCUT2D eigenvalue weighted by Crippen LogP contribution is -2.17. The average molecular weight is 689 g/mol. The first kappa shape index (κ1) is 35.4. The standard InChI is InChI=1S/C48H52N2O2/c1-45(2,3)29-13-21-39-35(25-29)43(51)36-26-30(46(4,5)6)14-22-40(36)49(39)33-17-19-34(20-18-33)50-41-23-15-31(47(7,8)9)27-37(41)44(52)38-28-32(48(10,11)12)16-24-42(38)50/h13-28H,1-12H3. The molecule has 7 aromatic rings. The summed E-state index contributed by atoms with van der Waals surface area (Å²) in [6, 6.07) is 33.9. The lowest BCUT2D eigenvalue weighted by Gasteiger charge is -2.24. The van der Waals surface area contributed by atoms with Crippen LogP contribution in [0.4, 0.5) is 0 Å². The molecule has 0 aliphatic heterocycles. The van der Waals surface area contributed by atoms with E-state index in [9.17, 15) is 9.59 Å². The van der Waals surface area contributed by atoms with E-state index in [1.807, 2.05) is 0 Å². The summed E-state index contributed by atoms with van der Waals surface area (Å²) < 4.78 is 4.45. The zero-order valence-corrected chi connectivity index (χ0v) is 32.9. The van der Waals surface area contributed by atoms with Gasteiger partial charge in [0.1, 0.15) is 0 Å². The van der Waals surface area contributed by atoms with Gasteiger partial charge in [0.2, 0.25) is 0 Å². The molecule has 266 valence electrons. The van der Waals surface area contributed by atoms with Gasteiger partial charge >= 0.3 is 0 Å². The van der Waals surface area contributed by atoms with Gasteiger partial charge in [0.05, 0.1) is 22.1 Å². The average Bonchev–Trinajstić information content (AvgIpc) is 3.07. The Bertz CT molecular complexity index is 2330. The zero-order valence-electron chi connectivity index (χ0n) is 32.9. The Labute approximate surface area is 307 Å². The number of rotatable bonds is 2. The Hall–Kier alpha value is -4.96. The molecule has 0 saturated carbocycles. The lowest BCUT2D eigenvalue weighted by molar-refractivity contribution is 0.590. The van der Waals surface area contributed by atoms with Gasteiger partial charge in [-0.25, -0.2) is 0 Å². The van der Waals surface area contributed by atoms with E-state index in [-0.39, 0.29) is 32.5 Å². The molecule has 0 N–H and O–H groups in total. The molecule has 0 atom stereocenters. The second-order valence-corrected chi connectivity index (χ2v) is 18.8. The van der Waals surface area contributed by atoms with Crippen LogP contribution >= 0.6 is 0 Å². The fourth-order valence-corrected chi connectivity index (χ4v) is 7.37. The van der Waals surface area contributed by atoms with Crippen LogP contribution < -0.4 is 10.9 Å². The predicted octanol–water partition coefficient (Wildman–Crippen LogP) is 11.8. The molecule has 0 fully saturated rings. The number of nitrogens with zero attached hydrogens (tertiary/aromatic N) is 2. The van der Waals surface area contributed by atoms with E-state index in [0.29, 0.717) is 0 Å². The largest absolute Gasteiger partial charge is 0.309 e. The highest BCUT2D eigenvalue weighted by Gasteiger charge is 2.23. The summed E-state index contributed by atoms with van der Waals surface area (Å²) in [4.78, 5) is 28.5. The third kappa shape index (κ3) is 5.96. The molecule has 7 rings (SSSR count). The summed E-state index contributed by atoms with van der Waals surface area (Å²) >= 11 is 0. The predicted molar refractivity (Wildman–Crippen MR) is 222 cm³/mol. The first-order valence-electron chi connectivity index (χ1n) is 18.5. The second kappa shape index (κ2) is 11.8. The van der Waals surface area contributed by atoms with E-state index in [2.05, 4.69) is 189 Å². The van der Waals surface area contributed by atoms with Crippen LogP contribution in [0.3, 0.4) is 0 Å². The minimum atomic E-state index is -0.0982. The van der Waals surface area contributed by atoms with Gasteiger partial charge in [-0.1, -0.05) is 107 Å². The summed E-state index contributed by atoms with van der Waals surface area (Å²) in [7, 11) is 0. The SMILES string of the molecule is CC(C)(C)c1ccc2c(c1)c(=O)c1cc(C(C)(C)C)ccc1n2-c1ccc(-n2c3ccc(C(C)(C)C)cc3c(=O)c3cc(C(C)(C)C)ccc32)cc1. The fraction of sp³-hybridized carbons (Fsp3) is 0.333. The first-order valence-corrected chi connectivity index (χ1v) is 18.5. The van der Waals surface area contributed by atoms with E-state index in [1.165, 1.54) is 0 Å². The van der Waals surface area contributed by atoms with Crippen LogP contribution in [0.1, 0.15) is 105 Å². The van der Waals surface area contributed by atoms with Crippen molar-refractivity contribution in [2.24, 2.45) is 0 Å². The van der Waals surface area contributed by atoms with E-state index in [1.54, 1.807) is 0 Å². The van der Waals surface area contributed by atoms with Crippen molar-refractivity contribution in [2.75, 3.05) is 0 Å². The molecule has 0 aliphatic rings. The molecule has 0 amide bonds. The molecule has 4 heteroatoms. The quantitative estimate of drug-likeness (QED) is 0.170. The van der Waals surface area contributed by atoms with Crippen molar-refractivity contribution in [2.45, 2.75) is 105 Å². The monoisotopic (exact) mass is 688 g/mol. The second-order valence-electron chi connectivity index (χ2n) is 18.8. The van der Waals surface area contributed by atoms with Crippen molar-refractivity contribution in [1.82, 2.24) is 9.13 Å². The van der Waals surface area contributed by atoms with Gasteiger partial charge in [0, 0.05) is 32.9 Å². The van der Waals surface area contributed by atoms with E-state index < -0.39 is 0 Å². The smallest absolute Gasteiger partial charge is 0.197 e. The molecule has 0 bridgehead atoms. The van der Waals surface area contributed by atoms with Crippen molar-refractivity contribution in [1.29, 1.82) is 0 Å². The summed E-state index contributed by atoms with van der Waals surface area (Å²) in [6.07, 6.45) is 0. The maximum absolute atomic E-state index is 14.3. The van der Waals surface area contributed by atoms with Crippen LogP contribution in [0.5, 0.6) is 0 Å². The van der Waals surface area contributed by atoms with Crippen LogP contribution in [-0.2, 0) is 21.7 Å². The van der Waals surface area contributed by atoms with Gasteiger partial charge in [-0.3, -0.25) is 9.59 Å². The molecular formula is C48H52N2O2. The van der Waals surface area contributed by atoms with Crippen molar-refractivity contribution < 1.29 is 0 Å². The van der Waals surface area contributed by atoms with Crippen LogP contribution in [0.15, 0.2) is 107 Å². The topological polar surface area (TPSA) is 44.0 Å². The van der Waals surface area contributed by atoms with Gasteiger partial charge < -0.3 is 9.13 Å². The Kier molecular flexibility index (Phi) is 8.03. The lowest BCUT2D eigenvalue weighted by atomic mass is 9.85. The van der Waals surface area contributed by atoms with E-state index in [0.717, 1.165) is 77.2 Å². The van der Waals surface area contributed by atoms with Crippen molar-refractivity contribution in [3.05, 3.63) is 140 Å². The first-order chi connectivity index (χ1) is 24.1. The van der Waals surface area contributed by atoms with Crippen LogP contribution in [0, 0.1) is 0 Å². The molecular weight excluding hydrogens is 637 g/mol. The van der Waals surface area contributed by atoms with Crippen molar-refractivity contribution in [3.8, 4) is 11.4 Å². The summed E-state index contributed by atoms with van der Waals surface area (Å²) in [5.41, 5.74) is 9.70. The third-order valence-electron chi connectivity index (χ3n) is 10.8. The molecule has 0 saturated heterocycles. The van der Waals surface area contributed by atoms with Gasteiger partial charge in [-0.05, 0) is 117 Å². The van der Waals surface area contributed by atoms with Crippen molar-refractivity contribution >= 4 is 43.6 Å². The minimum Gasteiger partial charge on any atom is -0.309 e. The highest BCUT2D eigenvalue weighted by molar-refractivity contribution is 5.97. The third-order valence-corrected chi connectivity index (χ3v) is 10.8. The molecule has 4 nitrogen and oxygen atoms in total. The molecule has 0 radical (unpaired) electrons. The van der Waals surface area contributed by atoms with Crippen LogP contribution in [-0.4, -0.2) is 9.13 Å². The van der Waals surface area contributed by atoms with Gasteiger partial charge in [0.25, 0.3) is 0 Å². The highest BCUT2D eigenvalue weighted by atomic mass is 16.1. The number of hydrogen-bond acceptors (Lipinski definition) is 2. The Morgan fingerprint density at radius 2 is 0.538 bits per heavy atom. The number of hydrogen-bond donors (Lipinski definition) is 0. The van der Waals surface area contributed by atoms with E-state index in [4.69, 9.17) is 0 Å². The van der Waals surface area contributed by atoms with Crippen LogP contribution in [0.2, 0.25) is 0 Å². The van der Waals surface area contributed by atoms with Gasteiger partial charge in [0.15, 0.2) is 10.9 Å². The maximum Gasteiger partial charge on any atom is 0.197 e. The number of aromatic nitrogens is 2. The molecule has 52 heavy (non-hydrogen) atoms. The molecule has 0 unspecified atom stereocenters. The number of pyridine rings is 2. The van der Waals surface area contributed by atoms with Crippen LogP contribution in [0.25, 0.3) is 55.0 Å². The Morgan fingerprint density at radius 1 is 0.327 bits per heavy atom. The molecule has 0 aliphatic carbocycles. The minimum absolute atomic E-state index is 0.0607. The molecule has 5 aromatic carbocycles. The molecule has 2 heterocycles. The number of benzene rings is 5. The number of fused-ring (bicyclic) bond motifs is 4. The van der Waals surface area contributed by atoms with Gasteiger partial charge in [-0.2, -0.15) is 0 Å². The van der Waals surface area contributed by atoms with Crippen molar-refractivity contribution in [3.63, 3.8) is 0 Å². The van der Waals surface area contributed by atoms with Gasteiger partial charge in [-0.15, -0.1) is 0 Å². The summed E-state index contributed by atoms with van der Waals surface area (Å²) in [5, 5.41) is 2.88. The highest BCUT2D eigenvalue weighted by Crippen LogP contribution is 2.34. The molecule has 0 spiro atoms. The zero-order chi connectivity index (χ0) is 37.7. The Morgan fingerprint density at radius 3 is 0.731 bits per heavy atom. The Balaban J connectivity index is 1.51. The fourth-order valence-electron chi connectivity index (χ4n) is 7.37.